The van der Waals surface area contributed by atoms with E-state index in [4.69, 9.17) is 0 Å². The fourth-order valence-electron chi connectivity index (χ4n) is 3.80. The average molecular weight is 331 g/mol. The molecule has 2 aliphatic rings. The maximum Gasteiger partial charge on any atom is 0.227 e. The quantitative estimate of drug-likeness (QED) is 0.917. The van der Waals surface area contributed by atoms with Gasteiger partial charge in [0.15, 0.2) is 0 Å². The highest BCUT2D eigenvalue weighted by atomic mass is 35.5. The number of amides is 1. The summed E-state index contributed by atoms with van der Waals surface area (Å²) < 4.78 is 0. The highest BCUT2D eigenvalue weighted by molar-refractivity contribution is 5.86. The van der Waals surface area contributed by atoms with Crippen LogP contribution in [0.4, 0.5) is 0 Å². The largest absolute Gasteiger partial charge is 0.341 e. The molecule has 2 aromatic carbocycles. The summed E-state index contributed by atoms with van der Waals surface area (Å²) in [6.45, 7) is 1.78. The van der Waals surface area contributed by atoms with E-state index in [0.717, 1.165) is 25.1 Å². The molecular weight excluding hydrogens is 308 g/mol. The van der Waals surface area contributed by atoms with Crippen LogP contribution < -0.4 is 5.32 Å². The molecule has 1 amide bonds. The van der Waals surface area contributed by atoms with E-state index < -0.39 is 0 Å². The summed E-state index contributed by atoms with van der Waals surface area (Å²) in [7, 11) is 0. The Morgan fingerprint density at radius 1 is 1.04 bits per heavy atom. The molecule has 2 saturated heterocycles. The van der Waals surface area contributed by atoms with E-state index in [1.165, 1.54) is 23.6 Å². The number of likely N-dealkylation sites (tertiary alicyclic amines) is 1. The van der Waals surface area contributed by atoms with Crippen molar-refractivity contribution < 1.29 is 4.79 Å². The first-order chi connectivity index (χ1) is 10.8. The molecule has 4 heteroatoms. The summed E-state index contributed by atoms with van der Waals surface area (Å²) >= 11 is 0. The molecule has 2 fully saturated rings. The smallest absolute Gasteiger partial charge is 0.227 e. The standard InChI is InChI=1S/C19H22N2O.ClH/c22-19(21-10-9-17-7-8-18(13-21)20-17)12-14-5-6-15-3-1-2-4-16(15)11-14;/h1-6,11,17-18,20H,7-10,12-13H2;1H. The van der Waals surface area contributed by atoms with Crippen LogP contribution in [0.5, 0.6) is 0 Å². The van der Waals surface area contributed by atoms with Gasteiger partial charge in [-0.1, -0.05) is 42.5 Å². The minimum Gasteiger partial charge on any atom is -0.341 e. The molecular formula is C19H23ClN2O. The zero-order chi connectivity index (χ0) is 14.9. The molecule has 122 valence electrons. The predicted octanol–water partition coefficient (Wildman–Crippen LogP) is 3.16. The van der Waals surface area contributed by atoms with Crippen molar-refractivity contribution in [2.75, 3.05) is 13.1 Å². The van der Waals surface area contributed by atoms with Gasteiger partial charge in [-0.05, 0) is 35.6 Å². The first-order valence-electron chi connectivity index (χ1n) is 8.29. The topological polar surface area (TPSA) is 32.3 Å². The van der Waals surface area contributed by atoms with E-state index in [1.54, 1.807) is 0 Å². The summed E-state index contributed by atoms with van der Waals surface area (Å²) in [4.78, 5) is 14.7. The van der Waals surface area contributed by atoms with Gasteiger partial charge in [-0.3, -0.25) is 4.79 Å². The number of rotatable bonds is 2. The summed E-state index contributed by atoms with van der Waals surface area (Å²) in [6.07, 6.45) is 4.10. The molecule has 23 heavy (non-hydrogen) atoms. The van der Waals surface area contributed by atoms with Crippen LogP contribution in [0, 0.1) is 0 Å². The molecule has 2 atom stereocenters. The van der Waals surface area contributed by atoms with Gasteiger partial charge in [-0.15, -0.1) is 12.4 Å². The number of carbonyl (C=O) groups excluding carboxylic acids is 1. The molecule has 2 aromatic rings. The van der Waals surface area contributed by atoms with Gasteiger partial charge in [0.1, 0.15) is 0 Å². The number of benzene rings is 2. The first kappa shape index (κ1) is 16.3. The van der Waals surface area contributed by atoms with Crippen LogP contribution in [-0.2, 0) is 11.2 Å². The maximum atomic E-state index is 12.6. The number of nitrogens with one attached hydrogen (secondary N) is 1. The lowest BCUT2D eigenvalue weighted by molar-refractivity contribution is -0.130. The highest BCUT2D eigenvalue weighted by Gasteiger charge is 2.30. The number of hydrogen-bond donors (Lipinski definition) is 1. The van der Waals surface area contributed by atoms with Crippen LogP contribution in [0.15, 0.2) is 42.5 Å². The van der Waals surface area contributed by atoms with Crippen LogP contribution in [0.25, 0.3) is 10.8 Å². The second kappa shape index (κ2) is 6.90. The van der Waals surface area contributed by atoms with Crippen molar-refractivity contribution in [2.24, 2.45) is 0 Å². The minimum absolute atomic E-state index is 0. The minimum atomic E-state index is 0. The molecule has 3 nitrogen and oxygen atoms in total. The van der Waals surface area contributed by atoms with Crippen molar-refractivity contribution in [1.82, 2.24) is 10.2 Å². The number of nitrogens with zero attached hydrogens (tertiary/aromatic N) is 1. The Bertz CT molecular complexity index is 703. The van der Waals surface area contributed by atoms with Crippen LogP contribution in [0.3, 0.4) is 0 Å². The molecule has 0 radical (unpaired) electrons. The Balaban J connectivity index is 0.00000156. The second-order valence-electron chi connectivity index (χ2n) is 6.62. The molecule has 2 unspecified atom stereocenters. The number of fused-ring (bicyclic) bond motifs is 3. The average Bonchev–Trinajstić information content (AvgIpc) is 2.86. The van der Waals surface area contributed by atoms with Crippen molar-refractivity contribution in [3.8, 4) is 0 Å². The third kappa shape index (κ3) is 3.51. The lowest BCUT2D eigenvalue weighted by atomic mass is 10.0. The molecule has 2 aliphatic heterocycles. The molecule has 4 rings (SSSR count). The van der Waals surface area contributed by atoms with Crippen LogP contribution in [0.1, 0.15) is 24.8 Å². The monoisotopic (exact) mass is 330 g/mol. The van der Waals surface area contributed by atoms with Gasteiger partial charge in [-0.2, -0.15) is 0 Å². The van der Waals surface area contributed by atoms with Crippen LogP contribution in [-0.4, -0.2) is 36.0 Å². The molecule has 2 heterocycles. The van der Waals surface area contributed by atoms with Gasteiger partial charge in [0.05, 0.1) is 6.42 Å². The van der Waals surface area contributed by atoms with E-state index in [1.807, 2.05) is 12.1 Å². The van der Waals surface area contributed by atoms with E-state index in [-0.39, 0.29) is 18.3 Å². The SMILES string of the molecule is Cl.O=C(Cc1ccc2ccccc2c1)N1CCC2CCC(C1)N2. The third-order valence-electron chi connectivity index (χ3n) is 5.05. The van der Waals surface area contributed by atoms with Gasteiger partial charge < -0.3 is 10.2 Å². The highest BCUT2D eigenvalue weighted by Crippen LogP contribution is 2.21. The molecule has 0 aliphatic carbocycles. The van der Waals surface area contributed by atoms with E-state index in [9.17, 15) is 4.79 Å². The van der Waals surface area contributed by atoms with E-state index in [2.05, 4.69) is 40.5 Å². The van der Waals surface area contributed by atoms with E-state index in [0.29, 0.717) is 18.5 Å². The van der Waals surface area contributed by atoms with Crippen molar-refractivity contribution in [2.45, 2.75) is 37.8 Å². The molecule has 1 N–H and O–H groups in total. The van der Waals surface area contributed by atoms with Crippen molar-refractivity contribution >= 4 is 29.1 Å². The Kier molecular flexibility index (Phi) is 4.88. The van der Waals surface area contributed by atoms with Gasteiger partial charge >= 0.3 is 0 Å². The van der Waals surface area contributed by atoms with Crippen molar-refractivity contribution in [1.29, 1.82) is 0 Å². The number of carbonyl (C=O) groups is 1. The number of halogens is 1. The lowest BCUT2D eigenvalue weighted by Gasteiger charge is -2.24. The van der Waals surface area contributed by atoms with Gasteiger partial charge in [0, 0.05) is 25.2 Å². The molecule has 2 bridgehead atoms. The summed E-state index contributed by atoms with van der Waals surface area (Å²) in [5, 5.41) is 6.08. The molecule has 0 saturated carbocycles. The first-order valence-corrected chi connectivity index (χ1v) is 8.29. The lowest BCUT2D eigenvalue weighted by Crippen LogP contribution is -2.39. The molecule has 0 spiro atoms. The van der Waals surface area contributed by atoms with Crippen molar-refractivity contribution in [3.05, 3.63) is 48.0 Å². The fraction of sp³-hybridized carbons (Fsp3) is 0.421. The Hall–Kier alpha value is -1.58. The van der Waals surface area contributed by atoms with Crippen LogP contribution in [0.2, 0.25) is 0 Å². The van der Waals surface area contributed by atoms with Crippen molar-refractivity contribution in [3.63, 3.8) is 0 Å². The Morgan fingerprint density at radius 3 is 2.70 bits per heavy atom. The summed E-state index contributed by atoms with van der Waals surface area (Å²) in [5.41, 5.74) is 1.12. The van der Waals surface area contributed by atoms with E-state index >= 15 is 0 Å². The predicted molar refractivity (Wildman–Crippen MR) is 96.0 cm³/mol. The van der Waals surface area contributed by atoms with Gasteiger partial charge in [-0.25, -0.2) is 0 Å². The zero-order valence-corrected chi connectivity index (χ0v) is 14.0. The third-order valence-corrected chi connectivity index (χ3v) is 5.05. The van der Waals surface area contributed by atoms with Gasteiger partial charge in [0.25, 0.3) is 0 Å². The normalized spacial score (nSPS) is 23.4. The summed E-state index contributed by atoms with van der Waals surface area (Å²) in [5.74, 6) is 0.268. The Labute approximate surface area is 143 Å². The van der Waals surface area contributed by atoms with Crippen LogP contribution >= 0.6 is 12.4 Å². The maximum absolute atomic E-state index is 12.6. The zero-order valence-electron chi connectivity index (χ0n) is 13.2. The van der Waals surface area contributed by atoms with Gasteiger partial charge in [0.2, 0.25) is 5.91 Å². The second-order valence-corrected chi connectivity index (χ2v) is 6.62. The Morgan fingerprint density at radius 2 is 1.83 bits per heavy atom. The summed E-state index contributed by atoms with van der Waals surface area (Å²) in [6, 6.07) is 15.8. The molecule has 0 aromatic heterocycles. The fourth-order valence-corrected chi connectivity index (χ4v) is 3.80. The number of hydrogen-bond acceptors (Lipinski definition) is 2.